The van der Waals surface area contributed by atoms with Crippen molar-refractivity contribution in [3.05, 3.63) is 63.8 Å². The van der Waals surface area contributed by atoms with E-state index in [0.29, 0.717) is 15.0 Å². The molecule has 7 heteroatoms. The molecule has 0 atom stereocenters. The van der Waals surface area contributed by atoms with E-state index in [1.807, 2.05) is 41.8 Å². The van der Waals surface area contributed by atoms with Gasteiger partial charge in [0.05, 0.1) is 11.2 Å². The molecule has 0 aliphatic rings. The van der Waals surface area contributed by atoms with E-state index in [0.717, 1.165) is 33.7 Å². The molecular weight excluding hydrogens is 362 g/mol. The molecule has 0 saturated carbocycles. The van der Waals surface area contributed by atoms with E-state index in [9.17, 15) is 4.79 Å². The highest BCUT2D eigenvalue weighted by Crippen LogP contribution is 2.28. The summed E-state index contributed by atoms with van der Waals surface area (Å²) in [5.41, 5.74) is 2.62. The van der Waals surface area contributed by atoms with Crippen LogP contribution in [0.2, 0.25) is 5.02 Å². The van der Waals surface area contributed by atoms with Crippen molar-refractivity contribution in [3.63, 3.8) is 0 Å². The third-order valence-corrected chi connectivity index (χ3v) is 5.31. The maximum Gasteiger partial charge on any atom is 0.269 e. The van der Waals surface area contributed by atoms with Gasteiger partial charge in [-0.1, -0.05) is 41.9 Å². The second-order valence-corrected chi connectivity index (χ2v) is 7.10. The Morgan fingerprint density at radius 1 is 1.12 bits per heavy atom. The van der Waals surface area contributed by atoms with Gasteiger partial charge in [0.15, 0.2) is 5.13 Å². The Bertz CT molecular complexity index is 1030. The van der Waals surface area contributed by atoms with Gasteiger partial charge in [0.25, 0.3) is 5.91 Å². The van der Waals surface area contributed by atoms with E-state index < -0.39 is 0 Å². The molecule has 4 rings (SSSR count). The Labute approximate surface area is 150 Å². The second-order valence-electron chi connectivity index (χ2n) is 5.03. The zero-order valence-electron chi connectivity index (χ0n) is 12.2. The number of nitrogens with zero attached hydrogens (tertiary/aromatic N) is 2. The van der Waals surface area contributed by atoms with Crippen LogP contribution in [0.15, 0.2) is 53.9 Å². The smallest absolute Gasteiger partial charge is 0.269 e. The molecule has 0 aliphatic carbocycles. The number of hydrogen-bond acceptors (Lipinski definition) is 5. The first-order valence-electron chi connectivity index (χ1n) is 7.08. The van der Waals surface area contributed by atoms with E-state index in [1.54, 1.807) is 12.1 Å². The number of carbonyl (C=O) groups is 1. The molecule has 4 aromatic rings. The van der Waals surface area contributed by atoms with Gasteiger partial charge in [-0.25, -0.2) is 4.98 Å². The van der Waals surface area contributed by atoms with Gasteiger partial charge >= 0.3 is 0 Å². The highest BCUT2D eigenvalue weighted by Gasteiger charge is 2.16. The van der Waals surface area contributed by atoms with Crippen molar-refractivity contribution in [2.24, 2.45) is 0 Å². The summed E-state index contributed by atoms with van der Waals surface area (Å²) in [6.07, 6.45) is 0. The minimum absolute atomic E-state index is 0.223. The summed E-state index contributed by atoms with van der Waals surface area (Å²) in [5.74, 6) is -0.223. The van der Waals surface area contributed by atoms with Crippen LogP contribution in [-0.2, 0) is 0 Å². The molecule has 0 radical (unpaired) electrons. The number of benzene rings is 2. The lowest BCUT2D eigenvalue weighted by Crippen LogP contribution is -2.10. The van der Waals surface area contributed by atoms with E-state index in [4.69, 9.17) is 11.6 Å². The lowest BCUT2D eigenvalue weighted by molar-refractivity contribution is 0.103. The van der Waals surface area contributed by atoms with Gasteiger partial charge in [0, 0.05) is 21.4 Å². The first-order valence-corrected chi connectivity index (χ1v) is 9.11. The van der Waals surface area contributed by atoms with Crippen LogP contribution in [0.5, 0.6) is 0 Å². The van der Waals surface area contributed by atoms with Crippen molar-refractivity contribution in [2.75, 3.05) is 5.32 Å². The Balaban J connectivity index is 1.60. The Morgan fingerprint density at radius 3 is 2.79 bits per heavy atom. The standard InChI is InChI=1S/C17H10ClN3OS2/c18-11-6-7-13-12(8-11)15(24-21-13)16(22)20-17-19-14(9-23-17)10-4-2-1-3-5-10/h1-9H,(H,19,20,22). The Hall–Kier alpha value is -2.28. The number of rotatable bonds is 3. The molecule has 2 heterocycles. The summed E-state index contributed by atoms with van der Waals surface area (Å²) in [5, 5.41) is 6.66. The molecule has 4 nitrogen and oxygen atoms in total. The predicted molar refractivity (Wildman–Crippen MR) is 100 cm³/mol. The van der Waals surface area contributed by atoms with Gasteiger partial charge in [0.1, 0.15) is 4.88 Å². The third-order valence-electron chi connectivity index (χ3n) is 3.44. The number of nitrogens with one attached hydrogen (secondary N) is 1. The van der Waals surface area contributed by atoms with Gasteiger partial charge < -0.3 is 0 Å². The molecule has 0 bridgehead atoms. The summed E-state index contributed by atoms with van der Waals surface area (Å²) in [6, 6.07) is 15.2. The normalized spacial score (nSPS) is 10.9. The number of fused-ring (bicyclic) bond motifs is 1. The monoisotopic (exact) mass is 371 g/mol. The second kappa shape index (κ2) is 6.32. The van der Waals surface area contributed by atoms with Crippen LogP contribution in [0.1, 0.15) is 9.67 Å². The Morgan fingerprint density at radius 2 is 1.96 bits per heavy atom. The van der Waals surface area contributed by atoms with E-state index in [-0.39, 0.29) is 5.91 Å². The van der Waals surface area contributed by atoms with Gasteiger partial charge in [-0.05, 0) is 29.7 Å². The highest BCUT2D eigenvalue weighted by molar-refractivity contribution is 7.14. The summed E-state index contributed by atoms with van der Waals surface area (Å²) < 4.78 is 4.28. The maximum absolute atomic E-state index is 12.5. The van der Waals surface area contributed by atoms with E-state index in [2.05, 4.69) is 14.7 Å². The Kier molecular flexibility index (Phi) is 4.02. The first kappa shape index (κ1) is 15.3. The number of amides is 1. The zero-order chi connectivity index (χ0) is 16.5. The fraction of sp³-hybridized carbons (Fsp3) is 0. The predicted octanol–water partition coefficient (Wildman–Crippen LogP) is 5.33. The van der Waals surface area contributed by atoms with Crippen LogP contribution in [0.25, 0.3) is 22.2 Å². The van der Waals surface area contributed by atoms with Crippen LogP contribution < -0.4 is 5.32 Å². The topological polar surface area (TPSA) is 54.9 Å². The van der Waals surface area contributed by atoms with Crippen LogP contribution >= 0.6 is 34.5 Å². The minimum atomic E-state index is -0.223. The molecule has 24 heavy (non-hydrogen) atoms. The van der Waals surface area contributed by atoms with Crippen LogP contribution in [-0.4, -0.2) is 15.3 Å². The molecule has 0 fully saturated rings. The van der Waals surface area contributed by atoms with Crippen LogP contribution in [0, 0.1) is 0 Å². The number of hydrogen-bond donors (Lipinski definition) is 1. The van der Waals surface area contributed by atoms with Crippen molar-refractivity contribution >= 4 is 56.4 Å². The average molecular weight is 372 g/mol. The number of aromatic nitrogens is 2. The minimum Gasteiger partial charge on any atom is -0.297 e. The average Bonchev–Trinajstić information content (AvgIpc) is 3.22. The number of thiazole rings is 1. The highest BCUT2D eigenvalue weighted by atomic mass is 35.5. The lowest BCUT2D eigenvalue weighted by Gasteiger charge is -1.99. The molecule has 1 N–H and O–H groups in total. The number of anilines is 1. The van der Waals surface area contributed by atoms with Crippen molar-refractivity contribution in [1.82, 2.24) is 9.36 Å². The molecule has 0 unspecified atom stereocenters. The first-order chi connectivity index (χ1) is 11.7. The molecule has 0 spiro atoms. The number of halogens is 1. The molecule has 0 aliphatic heterocycles. The van der Waals surface area contributed by atoms with Gasteiger partial charge in [0.2, 0.25) is 0 Å². The number of carbonyl (C=O) groups excluding carboxylic acids is 1. The lowest BCUT2D eigenvalue weighted by atomic mass is 10.2. The molecule has 2 aromatic carbocycles. The summed E-state index contributed by atoms with van der Waals surface area (Å²) in [4.78, 5) is 17.5. The fourth-order valence-corrected chi connectivity index (χ4v) is 3.94. The molecule has 2 aromatic heterocycles. The van der Waals surface area contributed by atoms with Crippen molar-refractivity contribution in [2.45, 2.75) is 0 Å². The van der Waals surface area contributed by atoms with Crippen LogP contribution in [0.4, 0.5) is 5.13 Å². The van der Waals surface area contributed by atoms with Gasteiger partial charge in [-0.15, -0.1) is 11.3 Å². The summed E-state index contributed by atoms with van der Waals surface area (Å²) in [6.45, 7) is 0. The molecular formula is C17H10ClN3OS2. The van der Waals surface area contributed by atoms with Gasteiger partial charge in [-0.2, -0.15) is 4.37 Å². The largest absolute Gasteiger partial charge is 0.297 e. The van der Waals surface area contributed by atoms with E-state index in [1.165, 1.54) is 11.3 Å². The zero-order valence-corrected chi connectivity index (χ0v) is 14.6. The van der Waals surface area contributed by atoms with Gasteiger partial charge in [-0.3, -0.25) is 10.1 Å². The summed E-state index contributed by atoms with van der Waals surface area (Å²) >= 11 is 8.57. The quantitative estimate of drug-likeness (QED) is 0.529. The van der Waals surface area contributed by atoms with Crippen molar-refractivity contribution in [3.8, 4) is 11.3 Å². The van der Waals surface area contributed by atoms with Crippen molar-refractivity contribution in [1.29, 1.82) is 0 Å². The SMILES string of the molecule is O=C(Nc1nc(-c2ccccc2)cs1)c1snc2ccc(Cl)cc12. The van der Waals surface area contributed by atoms with Crippen LogP contribution in [0.3, 0.4) is 0 Å². The summed E-state index contributed by atoms with van der Waals surface area (Å²) in [7, 11) is 0. The molecule has 118 valence electrons. The van der Waals surface area contributed by atoms with E-state index >= 15 is 0 Å². The maximum atomic E-state index is 12.5. The fourth-order valence-electron chi connectivity index (χ4n) is 2.30. The third kappa shape index (κ3) is 2.91. The van der Waals surface area contributed by atoms with Crippen molar-refractivity contribution < 1.29 is 4.79 Å². The molecule has 1 amide bonds. The molecule has 0 saturated heterocycles.